The van der Waals surface area contributed by atoms with Crippen LogP contribution in [0.15, 0.2) is 30.3 Å². The van der Waals surface area contributed by atoms with Crippen molar-refractivity contribution < 1.29 is 14.3 Å². The number of alkyl halides is 1. The molecule has 0 radical (unpaired) electrons. The fraction of sp³-hybridized carbons (Fsp3) is 0.300. The summed E-state index contributed by atoms with van der Waals surface area (Å²) in [5.74, 6) is -1.48. The van der Waals surface area contributed by atoms with E-state index in [0.717, 1.165) is 5.56 Å². The minimum Gasteiger partial charge on any atom is -0.481 e. The molecule has 0 fully saturated rings. The zero-order valence-corrected chi connectivity index (χ0v) is 7.11. The summed E-state index contributed by atoms with van der Waals surface area (Å²) in [5, 5.41) is 8.51. The first-order valence-corrected chi connectivity index (χ1v) is 4.06. The van der Waals surface area contributed by atoms with Gasteiger partial charge in [0.1, 0.15) is 0 Å². The van der Waals surface area contributed by atoms with Gasteiger partial charge in [-0.25, -0.2) is 0 Å². The van der Waals surface area contributed by atoms with Crippen LogP contribution in [0.1, 0.15) is 17.9 Å². The van der Waals surface area contributed by atoms with Crippen LogP contribution in [0, 0.1) is 0 Å². The number of carboxylic acid groups (broad SMARTS) is 1. The predicted octanol–water partition coefficient (Wildman–Crippen LogP) is 2.21. The molecule has 0 saturated heterocycles. The molecular formula is C10H11FO2. The van der Waals surface area contributed by atoms with Crippen molar-refractivity contribution in [1.29, 1.82) is 0 Å². The first-order valence-electron chi connectivity index (χ1n) is 4.06. The molecular weight excluding hydrogens is 171 g/mol. The molecule has 0 aromatic heterocycles. The summed E-state index contributed by atoms with van der Waals surface area (Å²) in [4.78, 5) is 10.4. The van der Waals surface area contributed by atoms with Crippen molar-refractivity contribution in [2.75, 3.05) is 6.67 Å². The van der Waals surface area contributed by atoms with Crippen LogP contribution in [0.3, 0.4) is 0 Å². The van der Waals surface area contributed by atoms with Crippen LogP contribution in [0.5, 0.6) is 0 Å². The average Bonchev–Trinajstić information content (AvgIpc) is 2.15. The molecule has 2 nitrogen and oxygen atoms in total. The third-order valence-electron chi connectivity index (χ3n) is 1.88. The van der Waals surface area contributed by atoms with Gasteiger partial charge in [-0.05, 0) is 5.56 Å². The van der Waals surface area contributed by atoms with Crippen LogP contribution in [0.2, 0.25) is 0 Å². The van der Waals surface area contributed by atoms with Crippen molar-refractivity contribution >= 4 is 5.97 Å². The van der Waals surface area contributed by atoms with Gasteiger partial charge in [-0.2, -0.15) is 0 Å². The molecule has 1 N–H and O–H groups in total. The first-order chi connectivity index (χ1) is 6.24. The third kappa shape index (κ3) is 2.86. The summed E-state index contributed by atoms with van der Waals surface area (Å²) in [5.41, 5.74) is 0.743. The van der Waals surface area contributed by atoms with Crippen molar-refractivity contribution in [3.63, 3.8) is 0 Å². The first kappa shape index (κ1) is 9.71. The van der Waals surface area contributed by atoms with Crippen LogP contribution in [0.25, 0.3) is 0 Å². The third-order valence-corrected chi connectivity index (χ3v) is 1.88. The van der Waals surface area contributed by atoms with E-state index in [0.29, 0.717) is 0 Å². The number of carboxylic acids is 1. The second kappa shape index (κ2) is 4.60. The molecule has 1 aromatic rings. The van der Waals surface area contributed by atoms with Crippen LogP contribution in [-0.2, 0) is 4.79 Å². The van der Waals surface area contributed by atoms with E-state index in [4.69, 9.17) is 5.11 Å². The smallest absolute Gasteiger partial charge is 0.304 e. The highest BCUT2D eigenvalue weighted by Crippen LogP contribution is 2.19. The molecule has 0 spiro atoms. The Kier molecular flexibility index (Phi) is 3.43. The summed E-state index contributed by atoms with van der Waals surface area (Å²) < 4.78 is 12.4. The number of benzene rings is 1. The SMILES string of the molecule is O=C(O)CC(CF)c1ccccc1. The number of rotatable bonds is 4. The maximum Gasteiger partial charge on any atom is 0.304 e. The minimum absolute atomic E-state index is 0.152. The van der Waals surface area contributed by atoms with E-state index < -0.39 is 18.6 Å². The van der Waals surface area contributed by atoms with Gasteiger partial charge in [0.2, 0.25) is 0 Å². The van der Waals surface area contributed by atoms with Crippen molar-refractivity contribution in [1.82, 2.24) is 0 Å². The van der Waals surface area contributed by atoms with Crippen LogP contribution in [-0.4, -0.2) is 17.8 Å². The highest BCUT2D eigenvalue weighted by molar-refractivity contribution is 5.68. The lowest BCUT2D eigenvalue weighted by Gasteiger charge is -2.09. The summed E-state index contributed by atoms with van der Waals surface area (Å²) >= 11 is 0. The Bertz CT molecular complexity index is 272. The molecule has 1 aromatic carbocycles. The molecule has 0 bridgehead atoms. The van der Waals surface area contributed by atoms with Gasteiger partial charge >= 0.3 is 5.97 Å². The van der Waals surface area contributed by atoms with Gasteiger partial charge in [0.05, 0.1) is 13.1 Å². The molecule has 0 heterocycles. The molecule has 70 valence electrons. The van der Waals surface area contributed by atoms with Gasteiger partial charge in [-0.15, -0.1) is 0 Å². The second-order valence-corrected chi connectivity index (χ2v) is 2.86. The number of carbonyl (C=O) groups is 1. The Morgan fingerprint density at radius 2 is 2.00 bits per heavy atom. The van der Waals surface area contributed by atoms with Crippen molar-refractivity contribution in [2.24, 2.45) is 0 Å². The molecule has 0 aliphatic heterocycles. The highest BCUT2D eigenvalue weighted by atomic mass is 19.1. The van der Waals surface area contributed by atoms with Crippen LogP contribution < -0.4 is 0 Å². The minimum atomic E-state index is -0.966. The Morgan fingerprint density at radius 1 is 1.38 bits per heavy atom. The van der Waals surface area contributed by atoms with E-state index >= 15 is 0 Å². The quantitative estimate of drug-likeness (QED) is 0.775. The number of hydrogen-bond donors (Lipinski definition) is 1. The lowest BCUT2D eigenvalue weighted by atomic mass is 9.97. The lowest BCUT2D eigenvalue weighted by molar-refractivity contribution is -0.137. The lowest BCUT2D eigenvalue weighted by Crippen LogP contribution is -2.07. The van der Waals surface area contributed by atoms with E-state index in [1.54, 1.807) is 24.3 Å². The van der Waals surface area contributed by atoms with Gasteiger partial charge in [0.25, 0.3) is 0 Å². The van der Waals surface area contributed by atoms with Gasteiger partial charge in [-0.3, -0.25) is 9.18 Å². The van der Waals surface area contributed by atoms with Crippen molar-refractivity contribution in [3.05, 3.63) is 35.9 Å². The Hall–Kier alpha value is -1.38. The Morgan fingerprint density at radius 3 is 2.46 bits per heavy atom. The summed E-state index contributed by atoms with van der Waals surface area (Å²) in [6.45, 7) is -0.629. The summed E-state index contributed by atoms with van der Waals surface area (Å²) in [6.07, 6.45) is -0.152. The van der Waals surface area contributed by atoms with E-state index in [1.165, 1.54) is 0 Å². The molecule has 0 aliphatic rings. The van der Waals surface area contributed by atoms with Crippen molar-refractivity contribution in [3.8, 4) is 0 Å². The molecule has 1 rings (SSSR count). The average molecular weight is 182 g/mol. The maximum absolute atomic E-state index is 12.4. The molecule has 0 saturated carbocycles. The molecule has 1 unspecified atom stereocenters. The zero-order valence-electron chi connectivity index (χ0n) is 7.11. The maximum atomic E-state index is 12.4. The number of hydrogen-bond acceptors (Lipinski definition) is 1. The van der Waals surface area contributed by atoms with E-state index in [9.17, 15) is 9.18 Å². The second-order valence-electron chi connectivity index (χ2n) is 2.86. The van der Waals surface area contributed by atoms with Crippen LogP contribution >= 0.6 is 0 Å². The molecule has 13 heavy (non-hydrogen) atoms. The predicted molar refractivity (Wildman–Crippen MR) is 47.4 cm³/mol. The molecule has 3 heteroatoms. The fourth-order valence-electron chi connectivity index (χ4n) is 1.20. The van der Waals surface area contributed by atoms with Crippen molar-refractivity contribution in [2.45, 2.75) is 12.3 Å². The number of aliphatic carboxylic acids is 1. The largest absolute Gasteiger partial charge is 0.481 e. The van der Waals surface area contributed by atoms with E-state index in [1.807, 2.05) is 6.07 Å². The van der Waals surface area contributed by atoms with E-state index in [-0.39, 0.29) is 6.42 Å². The zero-order chi connectivity index (χ0) is 9.68. The molecule has 0 amide bonds. The Labute approximate surface area is 76.0 Å². The topological polar surface area (TPSA) is 37.3 Å². The fourth-order valence-corrected chi connectivity index (χ4v) is 1.20. The standard InChI is InChI=1S/C10H11FO2/c11-7-9(6-10(12)13)8-4-2-1-3-5-8/h1-5,9H,6-7H2,(H,12,13). The Balaban J connectivity index is 2.73. The van der Waals surface area contributed by atoms with Gasteiger partial charge in [-0.1, -0.05) is 30.3 Å². The monoisotopic (exact) mass is 182 g/mol. The summed E-state index contributed by atoms with van der Waals surface area (Å²) in [7, 11) is 0. The van der Waals surface area contributed by atoms with Crippen LogP contribution in [0.4, 0.5) is 4.39 Å². The van der Waals surface area contributed by atoms with Gasteiger partial charge in [0.15, 0.2) is 0 Å². The highest BCUT2D eigenvalue weighted by Gasteiger charge is 2.14. The van der Waals surface area contributed by atoms with E-state index in [2.05, 4.69) is 0 Å². The summed E-state index contributed by atoms with van der Waals surface area (Å²) in [6, 6.07) is 8.86. The molecule has 1 atom stereocenters. The number of halogens is 1. The van der Waals surface area contributed by atoms with Gasteiger partial charge < -0.3 is 5.11 Å². The van der Waals surface area contributed by atoms with Gasteiger partial charge in [0, 0.05) is 5.92 Å². The normalized spacial score (nSPS) is 12.4. The molecule has 0 aliphatic carbocycles.